The third kappa shape index (κ3) is 9.60. The third-order valence-corrected chi connectivity index (χ3v) is 15.1. The SMILES string of the molecule is COC(=O)NC(C(=O)N1CCCC1c1ncc(-c2cc(F)c3c(c2)OC(c2ccc(CC(C)(C)OC)s2)n2c-3cc3cc(-c4cnc(C5CCCN5C(=O)C(NC(=O)OC)C(C)C)[nH]4)ccc32)[nH]1)C(C)C. The molecule has 0 bridgehead atoms. The second kappa shape index (κ2) is 19.8. The summed E-state index contributed by atoms with van der Waals surface area (Å²) in [5.74, 6) is 0.354. The molecule has 0 aliphatic carbocycles. The number of ether oxygens (including phenoxy) is 4. The van der Waals surface area contributed by atoms with Gasteiger partial charge in [-0.3, -0.25) is 14.2 Å². The number of halogens is 1. The largest absolute Gasteiger partial charge is 0.464 e. The van der Waals surface area contributed by atoms with Crippen LogP contribution < -0.4 is 15.4 Å². The maximum Gasteiger partial charge on any atom is 0.407 e. The van der Waals surface area contributed by atoms with Crippen LogP contribution in [0.1, 0.15) is 107 Å². The fraction of sp³-hybridized carbons (Fsp3) is 0.462. The van der Waals surface area contributed by atoms with Crippen molar-refractivity contribution in [2.24, 2.45) is 11.8 Å². The van der Waals surface area contributed by atoms with Crippen molar-refractivity contribution in [1.82, 2.24) is 44.9 Å². The van der Waals surface area contributed by atoms with Crippen LogP contribution in [0.25, 0.3) is 44.7 Å². The number of nitrogens with one attached hydrogen (secondary N) is 4. The molecule has 0 spiro atoms. The molecular formula is C52H62FN9O8S. The fourth-order valence-corrected chi connectivity index (χ4v) is 11.3. The van der Waals surface area contributed by atoms with Gasteiger partial charge in [-0.05, 0) is 93.8 Å². The first-order chi connectivity index (χ1) is 34.0. The van der Waals surface area contributed by atoms with Gasteiger partial charge < -0.3 is 49.3 Å². The number of H-pyrrole nitrogens is 2. The van der Waals surface area contributed by atoms with Crippen molar-refractivity contribution in [2.75, 3.05) is 34.4 Å². The molecule has 2 fully saturated rings. The number of hydrogen-bond acceptors (Lipinski definition) is 11. The second-order valence-corrected chi connectivity index (χ2v) is 21.1. The fourth-order valence-electron chi connectivity index (χ4n) is 10.1. The molecule has 17 nitrogen and oxygen atoms in total. The number of thiophene rings is 1. The van der Waals surface area contributed by atoms with Crippen LogP contribution >= 0.6 is 11.3 Å². The molecular weight excluding hydrogens is 930 g/mol. The lowest BCUT2D eigenvalue weighted by Crippen LogP contribution is -2.51. The minimum Gasteiger partial charge on any atom is -0.464 e. The van der Waals surface area contributed by atoms with Gasteiger partial charge in [0.2, 0.25) is 18.0 Å². The number of nitrogens with zero attached hydrogens (tertiary/aromatic N) is 5. The van der Waals surface area contributed by atoms with Gasteiger partial charge in [0, 0.05) is 48.0 Å². The summed E-state index contributed by atoms with van der Waals surface area (Å²) < 4.78 is 41.4. The van der Waals surface area contributed by atoms with Crippen molar-refractivity contribution in [2.45, 2.75) is 110 Å². The molecule has 3 aliphatic rings. The number of carbonyl (C=O) groups excluding carboxylic acids is 4. The molecule has 376 valence electrons. The summed E-state index contributed by atoms with van der Waals surface area (Å²) in [6, 6.07) is 13.3. The molecule has 5 atom stereocenters. The Morgan fingerprint density at radius 1 is 0.803 bits per heavy atom. The highest BCUT2D eigenvalue weighted by atomic mass is 32.1. The molecule has 2 saturated heterocycles. The molecule has 2 aromatic carbocycles. The van der Waals surface area contributed by atoms with Crippen molar-refractivity contribution < 1.29 is 42.5 Å². The van der Waals surface area contributed by atoms with Crippen LogP contribution in [-0.4, -0.2) is 110 Å². The van der Waals surface area contributed by atoms with Crippen LogP contribution in [0.5, 0.6) is 5.75 Å². The van der Waals surface area contributed by atoms with Crippen molar-refractivity contribution in [3.05, 3.63) is 88.1 Å². The molecule has 19 heteroatoms. The zero-order chi connectivity index (χ0) is 50.5. The van der Waals surface area contributed by atoms with Crippen LogP contribution in [0.15, 0.2) is 60.9 Å². The minimum absolute atomic E-state index is 0.159. The number of imidazole rings is 2. The van der Waals surface area contributed by atoms with Gasteiger partial charge in [-0.15, -0.1) is 11.3 Å². The predicted molar refractivity (Wildman–Crippen MR) is 266 cm³/mol. The van der Waals surface area contributed by atoms with Gasteiger partial charge in [0.05, 0.1) is 77.3 Å². The summed E-state index contributed by atoms with van der Waals surface area (Å²) in [6.45, 7) is 12.6. The summed E-state index contributed by atoms with van der Waals surface area (Å²) in [4.78, 5) is 73.9. The zero-order valence-electron chi connectivity index (χ0n) is 41.6. The van der Waals surface area contributed by atoms with Crippen LogP contribution in [0.3, 0.4) is 0 Å². The van der Waals surface area contributed by atoms with Gasteiger partial charge in [-0.1, -0.05) is 33.8 Å². The summed E-state index contributed by atoms with van der Waals surface area (Å²) in [5.41, 5.74) is 4.13. The molecule has 0 saturated carbocycles. The Hall–Kier alpha value is -6.73. The monoisotopic (exact) mass is 991 g/mol. The van der Waals surface area contributed by atoms with E-state index in [1.165, 1.54) is 20.3 Å². The van der Waals surface area contributed by atoms with E-state index in [0.29, 0.717) is 72.3 Å². The van der Waals surface area contributed by atoms with Crippen LogP contribution in [0, 0.1) is 17.7 Å². The average Bonchev–Trinajstić information content (AvgIpc) is 4.21. The quantitative estimate of drug-likeness (QED) is 0.0816. The average molecular weight is 992 g/mol. The summed E-state index contributed by atoms with van der Waals surface area (Å²) in [7, 11) is 4.25. The van der Waals surface area contributed by atoms with Crippen LogP contribution in [0.4, 0.5) is 14.0 Å². The Balaban J connectivity index is 1.05. The molecule has 71 heavy (non-hydrogen) atoms. The molecule has 0 radical (unpaired) electrons. The first-order valence-electron chi connectivity index (χ1n) is 24.2. The number of alkyl carbamates (subject to hydrolysis) is 2. The summed E-state index contributed by atoms with van der Waals surface area (Å²) in [6.07, 6.45) is 5.06. The van der Waals surface area contributed by atoms with Crippen LogP contribution in [-0.2, 0) is 30.2 Å². The van der Waals surface area contributed by atoms with E-state index in [1.807, 2.05) is 71.9 Å². The van der Waals surface area contributed by atoms with Crippen molar-refractivity contribution in [3.8, 4) is 39.5 Å². The number of benzene rings is 2. The number of amides is 4. The number of aromatic nitrogens is 5. The highest BCUT2D eigenvalue weighted by molar-refractivity contribution is 7.12. The van der Waals surface area contributed by atoms with E-state index < -0.39 is 36.3 Å². The van der Waals surface area contributed by atoms with E-state index in [-0.39, 0.29) is 41.3 Å². The standard InChI is InChI=1S/C52H62FN9O8S/c1-27(2)43(58-50(65)67-7)47(63)60-18-10-12-37(60)45-54-25-34(56-45)29-14-16-36-31(20-29)22-39-42-33(53)21-30(23-40(42)70-49(62(36)39)41-17-15-32(71-41)24-52(5,6)69-9)35-26-55-46(57-35)38-13-11-19-61(38)48(64)44(28(3)4)59-51(66)68-8/h14-17,20-23,25-28,37-38,43-44,49H,10-13,18-19,24H2,1-9H3,(H,54,56)(H,55,57)(H,58,65)(H,59,66). The molecule has 5 unspecified atom stereocenters. The number of fused-ring (bicyclic) bond motifs is 5. The summed E-state index contributed by atoms with van der Waals surface area (Å²) >= 11 is 1.62. The number of methoxy groups -OCH3 is 3. The topological polar surface area (TPSA) is 198 Å². The van der Waals surface area contributed by atoms with E-state index >= 15 is 4.39 Å². The van der Waals surface area contributed by atoms with Crippen molar-refractivity contribution >= 4 is 46.2 Å². The predicted octanol–water partition coefficient (Wildman–Crippen LogP) is 9.28. The molecule has 6 aromatic rings. The maximum absolute atomic E-state index is 17.0. The van der Waals surface area contributed by atoms with E-state index in [4.69, 9.17) is 28.9 Å². The van der Waals surface area contributed by atoms with E-state index in [0.717, 1.165) is 44.8 Å². The Morgan fingerprint density at radius 2 is 1.38 bits per heavy atom. The van der Waals surface area contributed by atoms with Crippen molar-refractivity contribution in [3.63, 3.8) is 0 Å². The number of rotatable bonds is 14. The van der Waals surface area contributed by atoms with Gasteiger partial charge in [-0.2, -0.15) is 0 Å². The van der Waals surface area contributed by atoms with Gasteiger partial charge in [0.25, 0.3) is 0 Å². The zero-order valence-corrected chi connectivity index (χ0v) is 42.4. The lowest BCUT2D eigenvalue weighted by molar-refractivity contribution is -0.136. The van der Waals surface area contributed by atoms with Gasteiger partial charge in [0.1, 0.15) is 35.3 Å². The van der Waals surface area contributed by atoms with E-state index in [1.54, 1.807) is 40.6 Å². The Labute approximate surface area is 415 Å². The third-order valence-electron chi connectivity index (χ3n) is 14.0. The molecule has 3 aliphatic heterocycles. The molecule has 4 aromatic heterocycles. The van der Waals surface area contributed by atoms with Crippen molar-refractivity contribution in [1.29, 1.82) is 0 Å². The molecule has 4 amide bonds. The Morgan fingerprint density at radius 3 is 1.93 bits per heavy atom. The Kier molecular flexibility index (Phi) is 13.7. The normalized spacial score (nSPS) is 18.6. The number of likely N-dealkylation sites (tertiary alicyclic amines) is 2. The first kappa shape index (κ1) is 49.3. The van der Waals surface area contributed by atoms with Gasteiger partial charge in [0.15, 0.2) is 0 Å². The highest BCUT2D eigenvalue weighted by Crippen LogP contribution is 2.48. The van der Waals surface area contributed by atoms with E-state index in [2.05, 4.69) is 37.3 Å². The number of carbonyl (C=O) groups is 4. The van der Waals surface area contributed by atoms with E-state index in [9.17, 15) is 19.2 Å². The smallest absolute Gasteiger partial charge is 0.407 e. The van der Waals surface area contributed by atoms with Gasteiger partial charge in [-0.25, -0.2) is 23.9 Å². The lowest BCUT2D eigenvalue weighted by atomic mass is 10.0. The van der Waals surface area contributed by atoms with Crippen LogP contribution in [0.2, 0.25) is 0 Å². The maximum atomic E-state index is 17.0. The molecule has 9 rings (SSSR count). The lowest BCUT2D eigenvalue weighted by Gasteiger charge is -2.30. The highest BCUT2D eigenvalue weighted by Gasteiger charge is 2.40. The Bertz CT molecular complexity index is 2970. The summed E-state index contributed by atoms with van der Waals surface area (Å²) in [5, 5.41) is 6.25. The molecule has 4 N–H and O–H groups in total. The number of aromatic amines is 2. The molecule has 7 heterocycles. The number of hydrogen-bond donors (Lipinski definition) is 4. The van der Waals surface area contributed by atoms with Gasteiger partial charge >= 0.3 is 12.2 Å². The second-order valence-electron chi connectivity index (χ2n) is 19.9. The minimum atomic E-state index is -0.779. The first-order valence-corrected chi connectivity index (χ1v) is 25.0.